The summed E-state index contributed by atoms with van der Waals surface area (Å²) >= 11 is 1.91. The average Bonchev–Trinajstić information content (AvgIpc) is 2.24. The first-order valence-corrected chi connectivity index (χ1v) is 6.91. The van der Waals surface area contributed by atoms with Crippen molar-refractivity contribution in [3.05, 3.63) is 0 Å². The van der Waals surface area contributed by atoms with Gasteiger partial charge in [0.15, 0.2) is 0 Å². The Bertz CT molecular complexity index is 230. The van der Waals surface area contributed by atoms with E-state index in [9.17, 15) is 4.79 Å². The van der Waals surface area contributed by atoms with Crippen molar-refractivity contribution in [1.29, 1.82) is 0 Å². The third kappa shape index (κ3) is 2.32. The molecule has 2 saturated carbocycles. The maximum atomic E-state index is 11.7. The first kappa shape index (κ1) is 11.3. The molecule has 2 nitrogen and oxygen atoms in total. The fourth-order valence-electron chi connectivity index (χ4n) is 2.56. The van der Waals surface area contributed by atoms with Crippen LogP contribution in [0.5, 0.6) is 0 Å². The fourth-order valence-corrected chi connectivity index (χ4v) is 4.47. The molecule has 0 atom stereocenters. The zero-order valence-electron chi connectivity index (χ0n) is 9.46. The number of rotatable bonds is 3. The smallest absolute Gasteiger partial charge is 0.321 e. The molecule has 0 unspecified atom stereocenters. The molecule has 2 aliphatic carbocycles. The number of carbonyl (C=O) groups excluding carboxylic acids is 1. The summed E-state index contributed by atoms with van der Waals surface area (Å²) in [5.74, 6) is 0.0179. The van der Waals surface area contributed by atoms with Gasteiger partial charge in [-0.3, -0.25) is 4.79 Å². The van der Waals surface area contributed by atoms with Crippen molar-refractivity contribution < 1.29 is 9.53 Å². The van der Waals surface area contributed by atoms with E-state index in [1.165, 1.54) is 45.6 Å². The summed E-state index contributed by atoms with van der Waals surface area (Å²) in [6.07, 6.45) is 9.90. The molecule has 86 valence electrons. The Hall–Kier alpha value is -0.180. The van der Waals surface area contributed by atoms with E-state index in [1.54, 1.807) is 0 Å². The van der Waals surface area contributed by atoms with Gasteiger partial charge in [-0.1, -0.05) is 19.3 Å². The van der Waals surface area contributed by atoms with E-state index in [-0.39, 0.29) is 10.7 Å². The quantitative estimate of drug-likeness (QED) is 0.694. The Balaban J connectivity index is 1.92. The Morgan fingerprint density at radius 3 is 2.33 bits per heavy atom. The molecule has 2 aliphatic rings. The molecule has 0 heterocycles. The van der Waals surface area contributed by atoms with Crippen LogP contribution in [0.4, 0.5) is 0 Å². The van der Waals surface area contributed by atoms with Gasteiger partial charge in [-0.05, 0) is 32.1 Å². The summed E-state index contributed by atoms with van der Waals surface area (Å²) in [4.78, 5) is 11.7. The van der Waals surface area contributed by atoms with Gasteiger partial charge in [-0.2, -0.15) is 0 Å². The van der Waals surface area contributed by atoms with Crippen molar-refractivity contribution in [1.82, 2.24) is 0 Å². The highest BCUT2D eigenvalue weighted by Crippen LogP contribution is 2.49. The Morgan fingerprint density at radius 2 is 1.87 bits per heavy atom. The fraction of sp³-hybridized carbons (Fsp3) is 0.917. The van der Waals surface area contributed by atoms with Crippen LogP contribution in [0.2, 0.25) is 0 Å². The van der Waals surface area contributed by atoms with Crippen molar-refractivity contribution in [2.24, 2.45) is 0 Å². The first-order valence-electron chi connectivity index (χ1n) is 6.03. The van der Waals surface area contributed by atoms with E-state index in [0.717, 1.165) is 12.8 Å². The molecular weight excluding hydrogens is 208 g/mol. The van der Waals surface area contributed by atoms with Crippen LogP contribution in [0.1, 0.15) is 51.4 Å². The summed E-state index contributed by atoms with van der Waals surface area (Å²) in [5, 5.41) is 0.707. The SMILES string of the molecule is COC(=O)C1(SC2CCCCC2)CCC1. The van der Waals surface area contributed by atoms with Crippen molar-refractivity contribution in [3.8, 4) is 0 Å². The maximum Gasteiger partial charge on any atom is 0.321 e. The van der Waals surface area contributed by atoms with Gasteiger partial charge in [0.05, 0.1) is 7.11 Å². The lowest BCUT2D eigenvalue weighted by atomic mass is 9.84. The third-order valence-corrected chi connectivity index (χ3v) is 5.49. The van der Waals surface area contributed by atoms with Gasteiger partial charge >= 0.3 is 5.97 Å². The maximum absolute atomic E-state index is 11.7. The summed E-state index contributed by atoms with van der Waals surface area (Å²) in [6, 6.07) is 0. The first-order chi connectivity index (χ1) is 7.27. The van der Waals surface area contributed by atoms with Crippen LogP contribution in [-0.2, 0) is 9.53 Å². The minimum atomic E-state index is -0.156. The lowest BCUT2D eigenvalue weighted by molar-refractivity contribution is -0.145. The highest BCUT2D eigenvalue weighted by atomic mass is 32.2. The molecule has 0 aromatic heterocycles. The summed E-state index contributed by atoms with van der Waals surface area (Å²) in [6.45, 7) is 0. The molecule has 3 heteroatoms. The molecule has 0 aromatic carbocycles. The lowest BCUT2D eigenvalue weighted by Gasteiger charge is -2.41. The molecular formula is C12H20O2S. The molecule has 0 aliphatic heterocycles. The van der Waals surface area contributed by atoms with Crippen LogP contribution in [0, 0.1) is 0 Å². The molecule has 2 fully saturated rings. The van der Waals surface area contributed by atoms with Crippen LogP contribution in [0.3, 0.4) is 0 Å². The van der Waals surface area contributed by atoms with Gasteiger partial charge in [0, 0.05) is 5.25 Å². The predicted molar refractivity (Wildman–Crippen MR) is 63.1 cm³/mol. The van der Waals surface area contributed by atoms with Crippen LogP contribution in [-0.4, -0.2) is 23.1 Å². The molecule has 0 saturated heterocycles. The van der Waals surface area contributed by atoms with Crippen LogP contribution in [0.25, 0.3) is 0 Å². The second kappa shape index (κ2) is 4.77. The number of hydrogen-bond donors (Lipinski definition) is 0. The molecule has 0 spiro atoms. The van der Waals surface area contributed by atoms with E-state index >= 15 is 0 Å². The Morgan fingerprint density at radius 1 is 1.20 bits per heavy atom. The van der Waals surface area contributed by atoms with Crippen LogP contribution < -0.4 is 0 Å². The molecule has 0 radical (unpaired) electrons. The second-order valence-corrected chi connectivity index (χ2v) is 6.40. The topological polar surface area (TPSA) is 26.3 Å². The van der Waals surface area contributed by atoms with Crippen molar-refractivity contribution in [3.63, 3.8) is 0 Å². The normalized spacial score (nSPS) is 25.7. The monoisotopic (exact) mass is 228 g/mol. The van der Waals surface area contributed by atoms with Gasteiger partial charge in [0.2, 0.25) is 0 Å². The van der Waals surface area contributed by atoms with E-state index in [2.05, 4.69) is 0 Å². The molecule has 0 N–H and O–H groups in total. The molecule has 15 heavy (non-hydrogen) atoms. The van der Waals surface area contributed by atoms with Gasteiger partial charge in [0.1, 0.15) is 4.75 Å². The summed E-state index contributed by atoms with van der Waals surface area (Å²) in [7, 11) is 1.52. The lowest BCUT2D eigenvalue weighted by Crippen LogP contribution is -2.44. The molecule has 2 rings (SSSR count). The largest absolute Gasteiger partial charge is 0.468 e. The van der Waals surface area contributed by atoms with Gasteiger partial charge < -0.3 is 4.74 Å². The van der Waals surface area contributed by atoms with Crippen molar-refractivity contribution in [2.75, 3.05) is 7.11 Å². The standard InChI is InChI=1S/C12H20O2S/c1-14-11(13)12(8-5-9-12)15-10-6-3-2-4-7-10/h10H,2-9H2,1H3. The van der Waals surface area contributed by atoms with Crippen molar-refractivity contribution in [2.45, 2.75) is 61.4 Å². The number of esters is 1. The van der Waals surface area contributed by atoms with Gasteiger partial charge in [-0.25, -0.2) is 0 Å². The Kier molecular flexibility index (Phi) is 3.60. The molecule has 0 amide bonds. The zero-order valence-corrected chi connectivity index (χ0v) is 10.3. The number of carbonyl (C=O) groups is 1. The van der Waals surface area contributed by atoms with E-state index in [1.807, 2.05) is 11.8 Å². The Labute approximate surface area is 96.1 Å². The highest BCUT2D eigenvalue weighted by Gasteiger charge is 2.47. The zero-order chi connectivity index (χ0) is 10.7. The number of ether oxygens (including phenoxy) is 1. The number of hydrogen-bond acceptors (Lipinski definition) is 3. The summed E-state index contributed by atoms with van der Waals surface area (Å²) < 4.78 is 4.78. The predicted octanol–water partition coefficient (Wildman–Crippen LogP) is 3.15. The summed E-state index contributed by atoms with van der Waals surface area (Å²) in [5.41, 5.74) is 0. The van der Waals surface area contributed by atoms with Crippen molar-refractivity contribution >= 4 is 17.7 Å². The molecule has 0 bridgehead atoms. The van der Waals surface area contributed by atoms with Crippen LogP contribution >= 0.6 is 11.8 Å². The van der Waals surface area contributed by atoms with E-state index in [0.29, 0.717) is 5.25 Å². The van der Waals surface area contributed by atoms with E-state index < -0.39 is 0 Å². The van der Waals surface area contributed by atoms with Crippen LogP contribution in [0.15, 0.2) is 0 Å². The van der Waals surface area contributed by atoms with Gasteiger partial charge in [-0.15, -0.1) is 11.8 Å². The third-order valence-electron chi connectivity index (χ3n) is 3.66. The van der Waals surface area contributed by atoms with Gasteiger partial charge in [0.25, 0.3) is 0 Å². The average molecular weight is 228 g/mol. The number of thioether (sulfide) groups is 1. The van der Waals surface area contributed by atoms with E-state index in [4.69, 9.17) is 4.74 Å². The highest BCUT2D eigenvalue weighted by molar-refractivity contribution is 8.02. The second-order valence-electron chi connectivity index (χ2n) is 4.72. The minimum Gasteiger partial charge on any atom is -0.468 e. The molecule has 0 aromatic rings. The minimum absolute atomic E-state index is 0.0179. The number of methoxy groups -OCH3 is 1.